The summed E-state index contributed by atoms with van der Waals surface area (Å²) in [4.78, 5) is 12.8. The topological polar surface area (TPSA) is 90.9 Å². The summed E-state index contributed by atoms with van der Waals surface area (Å²) in [5, 5.41) is 5.98. The number of rotatable bonds is 4. The molecule has 1 fully saturated rings. The van der Waals surface area contributed by atoms with Crippen molar-refractivity contribution in [1.82, 2.24) is 19.5 Å². The molecule has 2 atom stereocenters. The molecule has 8 heteroatoms. The molecule has 142 valence electrons. The summed E-state index contributed by atoms with van der Waals surface area (Å²) in [6.07, 6.45) is 7.10. The molecule has 3 N–H and O–H groups in total. The third-order valence-electron chi connectivity index (χ3n) is 5.12. The molecular weight excluding hydrogens is 376 g/mol. The van der Waals surface area contributed by atoms with Crippen LogP contribution < -0.4 is 11.1 Å². The number of anilines is 2. The lowest BCUT2D eigenvalue weighted by atomic mass is 10.2. The maximum atomic E-state index is 6.24. The molecule has 1 aliphatic rings. The number of nitrogens with zero attached hydrogens (tertiary/aromatic N) is 4. The molecule has 0 unspecified atom stereocenters. The van der Waals surface area contributed by atoms with E-state index in [4.69, 9.17) is 22.1 Å². The van der Waals surface area contributed by atoms with Crippen LogP contribution in [0.25, 0.3) is 21.9 Å². The molecule has 0 spiro atoms. The molecule has 0 aliphatic carbocycles. The Morgan fingerprint density at radius 3 is 3.04 bits per heavy atom. The van der Waals surface area contributed by atoms with Crippen molar-refractivity contribution in [2.45, 2.75) is 25.2 Å². The summed E-state index contributed by atoms with van der Waals surface area (Å²) in [7, 11) is 0. The number of nitrogens with one attached hydrogen (secondary N) is 1. The molecule has 1 aliphatic heterocycles. The Morgan fingerprint density at radius 1 is 1.18 bits per heavy atom. The van der Waals surface area contributed by atoms with Gasteiger partial charge in [0, 0.05) is 30.0 Å². The zero-order chi connectivity index (χ0) is 19.1. The van der Waals surface area contributed by atoms with Gasteiger partial charge in [0.05, 0.1) is 22.0 Å². The molecule has 0 radical (unpaired) electrons. The van der Waals surface area contributed by atoms with Gasteiger partial charge in [0.2, 0.25) is 0 Å². The fraction of sp³-hybridized carbons (Fsp3) is 0.250. The molecule has 5 rings (SSSR count). The Kier molecular flexibility index (Phi) is 4.26. The van der Waals surface area contributed by atoms with Crippen LogP contribution in [0.2, 0.25) is 5.02 Å². The number of benzene rings is 1. The van der Waals surface area contributed by atoms with Crippen molar-refractivity contribution in [3.8, 4) is 0 Å². The molecule has 28 heavy (non-hydrogen) atoms. The smallest absolute Gasteiger partial charge is 0.147 e. The van der Waals surface area contributed by atoms with Gasteiger partial charge in [-0.3, -0.25) is 4.98 Å². The standard InChI is InChI=1S/C20H19ClN6O/c21-13-7-12-1-2-14(8-17(12)24-9-13)23-10-15-3-4-18(28-15)27-6-5-16-19(22)25-11-26-20(16)27/h1-2,5-9,11,15,18,23H,3-4,10H2,(H2,22,25,26)/t15-,18+/m0/s1. The van der Waals surface area contributed by atoms with Crippen LogP contribution in [0.1, 0.15) is 19.1 Å². The van der Waals surface area contributed by atoms with Crippen LogP contribution in [0.4, 0.5) is 11.5 Å². The van der Waals surface area contributed by atoms with Crippen LogP contribution in [0.3, 0.4) is 0 Å². The van der Waals surface area contributed by atoms with E-state index in [0.717, 1.165) is 47.0 Å². The second kappa shape index (κ2) is 6.92. The van der Waals surface area contributed by atoms with Gasteiger partial charge in [-0.2, -0.15) is 0 Å². The van der Waals surface area contributed by atoms with Crippen LogP contribution >= 0.6 is 11.6 Å². The predicted octanol–water partition coefficient (Wildman–Crippen LogP) is 4.00. The number of nitrogens with two attached hydrogens (primary N) is 1. The first-order chi connectivity index (χ1) is 13.7. The van der Waals surface area contributed by atoms with Gasteiger partial charge in [-0.1, -0.05) is 17.7 Å². The van der Waals surface area contributed by atoms with E-state index < -0.39 is 0 Å². The summed E-state index contributed by atoms with van der Waals surface area (Å²) in [5.41, 5.74) is 8.67. The monoisotopic (exact) mass is 394 g/mol. The zero-order valence-electron chi connectivity index (χ0n) is 15.0. The van der Waals surface area contributed by atoms with E-state index in [1.165, 1.54) is 6.33 Å². The average molecular weight is 395 g/mol. The highest BCUT2D eigenvalue weighted by molar-refractivity contribution is 6.31. The van der Waals surface area contributed by atoms with E-state index in [-0.39, 0.29) is 12.3 Å². The Hall–Kier alpha value is -2.90. The number of halogens is 1. The second-order valence-corrected chi connectivity index (χ2v) is 7.39. The largest absolute Gasteiger partial charge is 0.383 e. The van der Waals surface area contributed by atoms with E-state index in [1.54, 1.807) is 6.20 Å². The molecule has 3 aromatic heterocycles. The lowest BCUT2D eigenvalue weighted by Gasteiger charge is -2.17. The number of pyridine rings is 1. The lowest BCUT2D eigenvalue weighted by molar-refractivity contribution is 0.0108. The normalized spacial score (nSPS) is 19.5. The first-order valence-corrected chi connectivity index (χ1v) is 9.57. The van der Waals surface area contributed by atoms with Crippen LogP contribution in [0.5, 0.6) is 0 Å². The van der Waals surface area contributed by atoms with E-state index in [2.05, 4.69) is 20.3 Å². The highest BCUT2D eigenvalue weighted by Gasteiger charge is 2.27. The maximum absolute atomic E-state index is 6.24. The van der Waals surface area contributed by atoms with Crippen molar-refractivity contribution in [1.29, 1.82) is 0 Å². The molecule has 7 nitrogen and oxygen atoms in total. The quantitative estimate of drug-likeness (QED) is 0.543. The minimum Gasteiger partial charge on any atom is -0.383 e. The van der Waals surface area contributed by atoms with Gasteiger partial charge in [-0.15, -0.1) is 0 Å². The molecular formula is C20H19ClN6O. The highest BCUT2D eigenvalue weighted by atomic mass is 35.5. The number of aromatic nitrogens is 4. The van der Waals surface area contributed by atoms with Crippen molar-refractivity contribution in [3.63, 3.8) is 0 Å². The average Bonchev–Trinajstić information content (AvgIpc) is 3.33. The van der Waals surface area contributed by atoms with Gasteiger partial charge >= 0.3 is 0 Å². The fourth-order valence-electron chi connectivity index (χ4n) is 3.70. The number of hydrogen-bond donors (Lipinski definition) is 2. The van der Waals surface area contributed by atoms with Crippen LogP contribution in [0, 0.1) is 0 Å². The van der Waals surface area contributed by atoms with Crippen LogP contribution in [-0.4, -0.2) is 32.2 Å². The molecule has 0 saturated carbocycles. The van der Waals surface area contributed by atoms with Crippen molar-refractivity contribution >= 4 is 45.0 Å². The highest BCUT2D eigenvalue weighted by Crippen LogP contribution is 2.32. The van der Waals surface area contributed by atoms with E-state index in [1.807, 2.05) is 41.1 Å². The molecule has 4 aromatic rings. The maximum Gasteiger partial charge on any atom is 0.147 e. The van der Waals surface area contributed by atoms with E-state index in [9.17, 15) is 0 Å². The Labute approximate surface area is 166 Å². The number of hydrogen-bond acceptors (Lipinski definition) is 6. The van der Waals surface area contributed by atoms with Crippen molar-refractivity contribution in [3.05, 3.63) is 54.1 Å². The van der Waals surface area contributed by atoms with E-state index in [0.29, 0.717) is 10.8 Å². The molecule has 0 amide bonds. The zero-order valence-corrected chi connectivity index (χ0v) is 15.8. The van der Waals surface area contributed by atoms with Crippen molar-refractivity contribution in [2.24, 2.45) is 0 Å². The summed E-state index contributed by atoms with van der Waals surface area (Å²) < 4.78 is 8.28. The molecule has 1 saturated heterocycles. The number of ether oxygens (including phenoxy) is 1. The van der Waals surface area contributed by atoms with Crippen molar-refractivity contribution in [2.75, 3.05) is 17.6 Å². The molecule has 4 heterocycles. The summed E-state index contributed by atoms with van der Waals surface area (Å²) in [6, 6.07) is 9.93. The third kappa shape index (κ3) is 3.12. The summed E-state index contributed by atoms with van der Waals surface area (Å²) in [6.45, 7) is 0.728. The third-order valence-corrected chi connectivity index (χ3v) is 5.33. The molecule has 0 bridgehead atoms. The van der Waals surface area contributed by atoms with Crippen LogP contribution in [-0.2, 0) is 4.74 Å². The van der Waals surface area contributed by atoms with Gasteiger partial charge in [0.1, 0.15) is 24.0 Å². The summed E-state index contributed by atoms with van der Waals surface area (Å²) in [5.74, 6) is 0.492. The number of fused-ring (bicyclic) bond motifs is 2. The van der Waals surface area contributed by atoms with Gasteiger partial charge in [-0.25, -0.2) is 9.97 Å². The fourth-order valence-corrected chi connectivity index (χ4v) is 3.87. The molecule has 1 aromatic carbocycles. The van der Waals surface area contributed by atoms with Gasteiger partial charge < -0.3 is 20.4 Å². The van der Waals surface area contributed by atoms with Crippen molar-refractivity contribution < 1.29 is 4.74 Å². The van der Waals surface area contributed by atoms with E-state index >= 15 is 0 Å². The minimum absolute atomic E-state index is 0.0426. The summed E-state index contributed by atoms with van der Waals surface area (Å²) >= 11 is 6.00. The Morgan fingerprint density at radius 2 is 2.11 bits per heavy atom. The first kappa shape index (κ1) is 17.2. The SMILES string of the molecule is Nc1ncnc2c1ccn2[C@H]1CC[C@@H](CNc2ccc3cc(Cl)cnc3c2)O1. The Balaban J connectivity index is 1.26. The minimum atomic E-state index is -0.0426. The lowest BCUT2D eigenvalue weighted by Crippen LogP contribution is -2.20. The first-order valence-electron chi connectivity index (χ1n) is 9.19. The van der Waals surface area contributed by atoms with Crippen LogP contribution in [0.15, 0.2) is 49.1 Å². The number of nitrogen functional groups attached to an aromatic ring is 1. The Bertz CT molecular complexity index is 1160. The second-order valence-electron chi connectivity index (χ2n) is 6.95. The van der Waals surface area contributed by atoms with Gasteiger partial charge in [0.15, 0.2) is 0 Å². The predicted molar refractivity (Wildman–Crippen MR) is 110 cm³/mol. The van der Waals surface area contributed by atoms with Gasteiger partial charge in [0.25, 0.3) is 0 Å². The van der Waals surface area contributed by atoms with Gasteiger partial charge in [-0.05, 0) is 37.1 Å².